The van der Waals surface area contributed by atoms with E-state index in [4.69, 9.17) is 4.74 Å². The number of ketones is 1. The summed E-state index contributed by atoms with van der Waals surface area (Å²) in [5, 5.41) is 2.95. The summed E-state index contributed by atoms with van der Waals surface area (Å²) in [5.41, 5.74) is 1.61. The number of urea groups is 1. The number of nitrogens with one attached hydrogen (secondary N) is 1. The van der Waals surface area contributed by atoms with E-state index in [0.29, 0.717) is 51.3 Å². The predicted octanol–water partition coefficient (Wildman–Crippen LogP) is 1.74. The summed E-state index contributed by atoms with van der Waals surface area (Å²) >= 11 is 0. The molecule has 0 bridgehead atoms. The van der Waals surface area contributed by atoms with E-state index in [0.717, 1.165) is 18.8 Å². The zero-order chi connectivity index (χ0) is 26.8. The molecule has 1 aromatic carbocycles. The second-order valence-electron chi connectivity index (χ2n) is 11.2. The summed E-state index contributed by atoms with van der Waals surface area (Å²) in [6.45, 7) is 8.47. The maximum absolute atomic E-state index is 13.8. The molecule has 1 aromatic rings. The minimum absolute atomic E-state index is 0.0138. The quantitative estimate of drug-likeness (QED) is 0.607. The number of hydrogen-bond acceptors (Lipinski definition) is 6. The highest BCUT2D eigenvalue weighted by atomic mass is 16.5. The van der Waals surface area contributed by atoms with Crippen LogP contribution < -0.4 is 10.2 Å². The number of carbonyl (C=O) groups excluding carboxylic acids is 4. The maximum atomic E-state index is 13.8. The molecule has 4 aliphatic rings. The van der Waals surface area contributed by atoms with Crippen LogP contribution in [0.1, 0.15) is 49.9 Å². The average molecular weight is 526 g/mol. The Morgan fingerprint density at radius 3 is 2.32 bits per heavy atom. The first-order chi connectivity index (χ1) is 18.3. The van der Waals surface area contributed by atoms with Crippen LogP contribution in [-0.4, -0.2) is 109 Å². The van der Waals surface area contributed by atoms with E-state index in [-0.39, 0.29) is 42.1 Å². The van der Waals surface area contributed by atoms with Gasteiger partial charge in [-0.05, 0) is 55.9 Å². The molecule has 4 saturated heterocycles. The molecule has 0 saturated carbocycles. The van der Waals surface area contributed by atoms with Crippen molar-refractivity contribution in [2.45, 2.75) is 57.7 Å². The summed E-state index contributed by atoms with van der Waals surface area (Å²) in [4.78, 5) is 60.4. The van der Waals surface area contributed by atoms with Crippen molar-refractivity contribution in [3.63, 3.8) is 0 Å². The van der Waals surface area contributed by atoms with Gasteiger partial charge in [0.05, 0.1) is 25.8 Å². The monoisotopic (exact) mass is 525 g/mol. The third kappa shape index (κ3) is 5.36. The van der Waals surface area contributed by atoms with Crippen molar-refractivity contribution in [3.05, 3.63) is 29.8 Å². The molecule has 38 heavy (non-hydrogen) atoms. The average Bonchev–Trinajstić information content (AvgIpc) is 3.67. The Bertz CT molecular complexity index is 1050. The molecule has 0 radical (unpaired) electrons. The minimum atomic E-state index is -0.740. The molecule has 10 nitrogen and oxygen atoms in total. The van der Waals surface area contributed by atoms with Crippen molar-refractivity contribution in [2.24, 2.45) is 5.92 Å². The minimum Gasteiger partial charge on any atom is -0.378 e. The van der Waals surface area contributed by atoms with E-state index in [1.165, 1.54) is 12.8 Å². The molecule has 4 aliphatic heterocycles. The first-order valence-electron chi connectivity index (χ1n) is 14.0. The fraction of sp³-hybridized carbons (Fsp3) is 0.643. The molecule has 0 aliphatic carbocycles. The summed E-state index contributed by atoms with van der Waals surface area (Å²) in [5.74, 6) is -0.495. The number of nitrogens with zero attached hydrogens (tertiary/aromatic N) is 4. The van der Waals surface area contributed by atoms with Gasteiger partial charge >= 0.3 is 6.03 Å². The molecule has 5 rings (SSSR count). The highest BCUT2D eigenvalue weighted by Crippen LogP contribution is 2.31. The number of likely N-dealkylation sites (tertiary alicyclic amines) is 2. The molecule has 0 aromatic heterocycles. The van der Waals surface area contributed by atoms with Gasteiger partial charge in [-0.2, -0.15) is 0 Å². The lowest BCUT2D eigenvalue weighted by Crippen LogP contribution is -2.53. The molecule has 3 atom stereocenters. The van der Waals surface area contributed by atoms with Gasteiger partial charge in [0.2, 0.25) is 5.91 Å². The van der Waals surface area contributed by atoms with E-state index in [9.17, 15) is 19.2 Å². The summed E-state index contributed by atoms with van der Waals surface area (Å²) in [6, 6.07) is 5.66. The SMILES string of the molecule is CC(C)CC(NC(=O)c1ccc(N2CCCC2)cc1)C(=O)N1CCC2C1C(=O)CN2C(=O)N1CCOCC1. The number of hydrogen-bond donors (Lipinski definition) is 1. The van der Waals surface area contributed by atoms with Crippen molar-refractivity contribution in [3.8, 4) is 0 Å². The summed E-state index contributed by atoms with van der Waals surface area (Å²) in [7, 11) is 0. The molecule has 10 heteroatoms. The zero-order valence-corrected chi connectivity index (χ0v) is 22.4. The number of morpholine rings is 1. The first-order valence-corrected chi connectivity index (χ1v) is 14.0. The highest BCUT2D eigenvalue weighted by Gasteiger charge is 2.53. The van der Waals surface area contributed by atoms with Crippen molar-refractivity contribution < 1.29 is 23.9 Å². The number of benzene rings is 1. The Balaban J connectivity index is 1.26. The molecule has 4 amide bonds. The highest BCUT2D eigenvalue weighted by molar-refractivity contribution is 6.00. The number of fused-ring (bicyclic) bond motifs is 1. The van der Waals surface area contributed by atoms with E-state index in [1.807, 2.05) is 26.0 Å². The zero-order valence-electron chi connectivity index (χ0n) is 22.4. The van der Waals surface area contributed by atoms with Gasteiger partial charge in [-0.3, -0.25) is 14.4 Å². The lowest BCUT2D eigenvalue weighted by Gasteiger charge is -2.33. The fourth-order valence-corrected chi connectivity index (χ4v) is 6.20. The molecular weight excluding hydrogens is 486 g/mol. The molecule has 4 fully saturated rings. The van der Waals surface area contributed by atoms with Crippen LogP contribution in [0.15, 0.2) is 24.3 Å². The summed E-state index contributed by atoms with van der Waals surface area (Å²) < 4.78 is 5.35. The molecule has 0 spiro atoms. The lowest BCUT2D eigenvalue weighted by atomic mass is 10.0. The van der Waals surface area contributed by atoms with Crippen LogP contribution in [0.25, 0.3) is 0 Å². The number of rotatable bonds is 6. The Morgan fingerprint density at radius 2 is 1.66 bits per heavy atom. The maximum Gasteiger partial charge on any atom is 0.320 e. The van der Waals surface area contributed by atoms with Gasteiger partial charge in [0.1, 0.15) is 12.1 Å². The standard InChI is InChI=1S/C28H39N5O5/c1-19(2)17-22(29-26(35)20-5-7-21(8-6-20)30-10-3-4-11-30)27(36)32-12-9-23-25(32)24(34)18-33(23)28(37)31-13-15-38-16-14-31/h5-8,19,22-23,25H,3-4,9-18H2,1-2H3,(H,29,35). The predicted molar refractivity (Wildman–Crippen MR) is 142 cm³/mol. The van der Waals surface area contributed by atoms with Crippen LogP contribution in [-0.2, 0) is 14.3 Å². The smallest absolute Gasteiger partial charge is 0.320 e. The Kier molecular flexibility index (Phi) is 7.88. The van der Waals surface area contributed by atoms with Gasteiger partial charge in [0.15, 0.2) is 5.78 Å². The van der Waals surface area contributed by atoms with Crippen LogP contribution in [0, 0.1) is 5.92 Å². The number of Topliss-reactive ketones (excluding diaryl/α,β-unsaturated/α-hetero) is 1. The van der Waals surface area contributed by atoms with Crippen molar-refractivity contribution >= 4 is 29.3 Å². The number of carbonyl (C=O) groups is 4. The largest absolute Gasteiger partial charge is 0.378 e. The number of amides is 4. The van der Waals surface area contributed by atoms with Crippen molar-refractivity contribution in [2.75, 3.05) is 57.4 Å². The third-order valence-corrected chi connectivity index (χ3v) is 8.14. The van der Waals surface area contributed by atoms with Gasteiger partial charge in [0.25, 0.3) is 5.91 Å². The molecule has 3 unspecified atom stereocenters. The van der Waals surface area contributed by atoms with Crippen LogP contribution >= 0.6 is 0 Å². The molecule has 4 heterocycles. The number of anilines is 1. The molecule has 1 N–H and O–H groups in total. The van der Waals surface area contributed by atoms with Gasteiger partial charge in [-0.1, -0.05) is 13.8 Å². The van der Waals surface area contributed by atoms with Crippen molar-refractivity contribution in [1.29, 1.82) is 0 Å². The second-order valence-corrected chi connectivity index (χ2v) is 11.2. The van der Waals surface area contributed by atoms with Crippen molar-refractivity contribution in [1.82, 2.24) is 20.0 Å². The van der Waals surface area contributed by atoms with E-state index >= 15 is 0 Å². The van der Waals surface area contributed by atoms with Gasteiger partial charge in [-0.25, -0.2) is 4.79 Å². The third-order valence-electron chi connectivity index (χ3n) is 8.14. The molecule has 206 valence electrons. The van der Waals surface area contributed by atoms with Gasteiger partial charge in [-0.15, -0.1) is 0 Å². The molecular formula is C28H39N5O5. The second kappa shape index (κ2) is 11.3. The van der Waals surface area contributed by atoms with Gasteiger partial charge in [0, 0.05) is 44.0 Å². The van der Waals surface area contributed by atoms with E-state index in [2.05, 4.69) is 10.2 Å². The van der Waals surface area contributed by atoms with E-state index in [1.54, 1.807) is 26.8 Å². The number of ether oxygens (including phenoxy) is 1. The fourth-order valence-electron chi connectivity index (χ4n) is 6.20. The Labute approximate surface area is 224 Å². The van der Waals surface area contributed by atoms with Gasteiger partial charge < -0.3 is 29.7 Å². The Hall–Kier alpha value is -3.14. The van der Waals surface area contributed by atoms with Crippen LogP contribution in [0.4, 0.5) is 10.5 Å². The topological polar surface area (TPSA) is 102 Å². The summed E-state index contributed by atoms with van der Waals surface area (Å²) in [6.07, 6.45) is 3.38. The van der Waals surface area contributed by atoms with Crippen LogP contribution in [0.2, 0.25) is 0 Å². The Morgan fingerprint density at radius 1 is 0.974 bits per heavy atom. The normalized spacial score (nSPS) is 24.2. The first kappa shape index (κ1) is 26.5. The van der Waals surface area contributed by atoms with Crippen LogP contribution in [0.5, 0.6) is 0 Å². The van der Waals surface area contributed by atoms with Crippen LogP contribution in [0.3, 0.4) is 0 Å². The van der Waals surface area contributed by atoms with E-state index < -0.39 is 12.1 Å². The lowest BCUT2D eigenvalue weighted by molar-refractivity contribution is -0.138.